The topological polar surface area (TPSA) is 136 Å². The van der Waals surface area contributed by atoms with Crippen molar-refractivity contribution in [2.75, 3.05) is 19.0 Å². The maximum atomic E-state index is 12.6. The van der Waals surface area contributed by atoms with E-state index < -0.39 is 34.4 Å². The number of sulfonamides is 1. The van der Waals surface area contributed by atoms with Gasteiger partial charge in [-0.2, -0.15) is 4.72 Å². The third kappa shape index (κ3) is 8.41. The Labute approximate surface area is 225 Å². The molecule has 0 aromatic heterocycles. The van der Waals surface area contributed by atoms with Gasteiger partial charge >= 0.3 is 11.9 Å². The molecule has 0 amide bonds. The molecule has 1 atom stereocenters. The summed E-state index contributed by atoms with van der Waals surface area (Å²) >= 11 is 0. The SMILES string of the molecule is C1CCC(NC2CCCCC2)CC1.CN(C)c1cccc2c(S(=O)(=O)N[C@@H](CC(=O)O)C(=O)O)cccc12. The first-order valence-corrected chi connectivity index (χ1v) is 15.0. The van der Waals surface area contributed by atoms with Gasteiger partial charge in [0, 0.05) is 42.6 Å². The lowest BCUT2D eigenvalue weighted by Crippen LogP contribution is -2.42. The van der Waals surface area contributed by atoms with E-state index in [1.54, 1.807) is 24.3 Å². The summed E-state index contributed by atoms with van der Waals surface area (Å²) in [5, 5.41) is 22.8. The minimum absolute atomic E-state index is 0.106. The van der Waals surface area contributed by atoms with Crippen molar-refractivity contribution in [3.05, 3.63) is 36.4 Å². The molecule has 2 aliphatic carbocycles. The molecule has 2 aromatic rings. The van der Waals surface area contributed by atoms with Gasteiger partial charge in [-0.15, -0.1) is 0 Å². The van der Waals surface area contributed by atoms with Gasteiger partial charge in [0.1, 0.15) is 6.04 Å². The first kappa shape index (κ1) is 29.9. The quantitative estimate of drug-likeness (QED) is 0.364. The zero-order valence-electron chi connectivity index (χ0n) is 22.4. The van der Waals surface area contributed by atoms with E-state index >= 15 is 0 Å². The molecule has 2 aliphatic rings. The summed E-state index contributed by atoms with van der Waals surface area (Å²) < 4.78 is 27.2. The second-order valence-corrected chi connectivity index (χ2v) is 12.2. The summed E-state index contributed by atoms with van der Waals surface area (Å²) in [6.07, 6.45) is 13.7. The van der Waals surface area contributed by atoms with E-state index in [0.717, 1.165) is 17.8 Å². The second kappa shape index (κ2) is 13.9. The number of aliphatic carboxylic acids is 2. The lowest BCUT2D eigenvalue weighted by molar-refractivity contribution is -0.145. The van der Waals surface area contributed by atoms with Gasteiger partial charge in [0.2, 0.25) is 10.0 Å². The average Bonchev–Trinajstić information content (AvgIpc) is 2.88. The van der Waals surface area contributed by atoms with Gasteiger partial charge in [-0.3, -0.25) is 9.59 Å². The Kier molecular flexibility index (Phi) is 10.9. The number of benzene rings is 2. The molecule has 0 heterocycles. The highest BCUT2D eigenvalue weighted by Crippen LogP contribution is 2.30. The second-order valence-electron chi connectivity index (χ2n) is 10.5. The fourth-order valence-electron chi connectivity index (χ4n) is 5.37. The van der Waals surface area contributed by atoms with Gasteiger partial charge in [0.25, 0.3) is 0 Å². The predicted molar refractivity (Wildman–Crippen MR) is 149 cm³/mol. The van der Waals surface area contributed by atoms with Gasteiger partial charge in [0.15, 0.2) is 0 Å². The van der Waals surface area contributed by atoms with E-state index in [0.29, 0.717) is 10.8 Å². The number of fused-ring (bicyclic) bond motifs is 1. The van der Waals surface area contributed by atoms with Crippen molar-refractivity contribution in [3.63, 3.8) is 0 Å². The zero-order chi connectivity index (χ0) is 27.7. The molecule has 0 saturated heterocycles. The Morgan fingerprint density at radius 1 is 0.868 bits per heavy atom. The molecule has 2 aromatic carbocycles. The first-order valence-electron chi connectivity index (χ1n) is 13.5. The largest absolute Gasteiger partial charge is 0.481 e. The summed E-state index contributed by atoms with van der Waals surface area (Å²) in [5.74, 6) is -2.97. The van der Waals surface area contributed by atoms with E-state index in [2.05, 4.69) is 5.32 Å². The highest BCUT2D eigenvalue weighted by Gasteiger charge is 2.28. The molecule has 4 N–H and O–H groups in total. The number of nitrogens with zero attached hydrogens (tertiary/aromatic N) is 1. The molecule has 0 aliphatic heterocycles. The summed E-state index contributed by atoms with van der Waals surface area (Å²) in [4.78, 5) is 23.6. The van der Waals surface area contributed by atoms with Crippen LogP contribution in [0.3, 0.4) is 0 Å². The molecule has 0 spiro atoms. The van der Waals surface area contributed by atoms with Gasteiger partial charge in [0.05, 0.1) is 11.3 Å². The number of carboxylic acids is 2. The summed E-state index contributed by atoms with van der Waals surface area (Å²) in [6, 6.07) is 9.79. The molecule has 210 valence electrons. The molecule has 0 bridgehead atoms. The third-order valence-electron chi connectivity index (χ3n) is 7.29. The van der Waals surface area contributed by atoms with Crippen molar-refractivity contribution in [1.29, 1.82) is 0 Å². The van der Waals surface area contributed by atoms with Gasteiger partial charge in [-0.1, -0.05) is 62.8 Å². The van der Waals surface area contributed by atoms with Crippen LogP contribution >= 0.6 is 0 Å². The van der Waals surface area contributed by atoms with Crippen LogP contribution in [-0.2, 0) is 19.6 Å². The van der Waals surface area contributed by atoms with E-state index in [9.17, 15) is 18.0 Å². The minimum Gasteiger partial charge on any atom is -0.481 e. The normalized spacial score (nSPS) is 17.8. The summed E-state index contributed by atoms with van der Waals surface area (Å²) in [5.41, 5.74) is 0.801. The molecule has 0 radical (unpaired) electrons. The number of nitrogens with one attached hydrogen (secondary N) is 2. The van der Waals surface area contributed by atoms with Crippen LogP contribution in [0.25, 0.3) is 10.8 Å². The highest BCUT2D eigenvalue weighted by atomic mass is 32.2. The van der Waals surface area contributed by atoms with Crippen LogP contribution < -0.4 is 14.9 Å². The zero-order valence-corrected chi connectivity index (χ0v) is 23.2. The molecular formula is C28H41N3O6S. The molecule has 2 saturated carbocycles. The van der Waals surface area contributed by atoms with E-state index in [-0.39, 0.29) is 4.90 Å². The number of carboxylic acid groups (broad SMARTS) is 2. The predicted octanol–water partition coefficient (Wildman–Crippen LogP) is 4.35. The van der Waals surface area contributed by atoms with Crippen molar-refractivity contribution in [2.24, 2.45) is 0 Å². The first-order chi connectivity index (χ1) is 18.1. The maximum Gasteiger partial charge on any atom is 0.322 e. The van der Waals surface area contributed by atoms with Crippen molar-refractivity contribution < 1.29 is 28.2 Å². The van der Waals surface area contributed by atoms with Gasteiger partial charge in [-0.25, -0.2) is 8.42 Å². The summed E-state index contributed by atoms with van der Waals surface area (Å²) in [7, 11) is -0.590. The molecule has 38 heavy (non-hydrogen) atoms. The van der Waals surface area contributed by atoms with Crippen molar-refractivity contribution in [1.82, 2.24) is 10.0 Å². The molecule has 2 fully saturated rings. The smallest absolute Gasteiger partial charge is 0.322 e. The Morgan fingerprint density at radius 2 is 1.39 bits per heavy atom. The van der Waals surface area contributed by atoms with E-state index in [1.807, 2.05) is 29.8 Å². The Hall–Kier alpha value is -2.69. The van der Waals surface area contributed by atoms with Gasteiger partial charge < -0.3 is 20.4 Å². The monoisotopic (exact) mass is 547 g/mol. The fraction of sp³-hybridized carbons (Fsp3) is 0.571. The Balaban J connectivity index is 0.000000256. The number of hydrogen-bond acceptors (Lipinski definition) is 6. The molecule has 10 heteroatoms. The Bertz CT molecular complexity index is 1170. The number of carbonyl (C=O) groups is 2. The minimum atomic E-state index is -4.23. The van der Waals surface area contributed by atoms with Crippen molar-refractivity contribution in [3.8, 4) is 0 Å². The molecular weight excluding hydrogens is 506 g/mol. The fourth-order valence-corrected chi connectivity index (χ4v) is 6.78. The summed E-state index contributed by atoms with van der Waals surface area (Å²) in [6.45, 7) is 0. The Morgan fingerprint density at radius 3 is 1.89 bits per heavy atom. The van der Waals surface area contributed by atoms with E-state index in [4.69, 9.17) is 10.2 Å². The number of anilines is 1. The van der Waals surface area contributed by atoms with Crippen LogP contribution in [0.1, 0.15) is 70.6 Å². The van der Waals surface area contributed by atoms with Crippen LogP contribution in [0.2, 0.25) is 0 Å². The number of hydrogen-bond donors (Lipinski definition) is 4. The van der Waals surface area contributed by atoms with Crippen LogP contribution in [0, 0.1) is 0 Å². The standard InChI is InChI=1S/C16H18N2O6S.C12H23N/c1-18(2)13-7-3-6-11-10(13)5-4-8-14(11)25(23,24)17-12(16(21)22)9-15(19)20;1-3-7-11(8-4-1)13-12-9-5-2-6-10-12/h3-8,12,17H,9H2,1-2H3,(H,19,20)(H,21,22);11-13H,1-10H2/t12-;/m0./s1. The maximum absolute atomic E-state index is 12.6. The number of rotatable bonds is 9. The highest BCUT2D eigenvalue weighted by molar-refractivity contribution is 7.89. The van der Waals surface area contributed by atoms with Crippen LogP contribution in [0.4, 0.5) is 5.69 Å². The molecule has 4 rings (SSSR count). The average molecular weight is 548 g/mol. The lowest BCUT2D eigenvalue weighted by atomic mass is 9.91. The van der Waals surface area contributed by atoms with Crippen LogP contribution in [-0.4, -0.2) is 62.8 Å². The van der Waals surface area contributed by atoms with Crippen LogP contribution in [0.15, 0.2) is 41.3 Å². The van der Waals surface area contributed by atoms with Crippen LogP contribution in [0.5, 0.6) is 0 Å². The van der Waals surface area contributed by atoms with Crippen molar-refractivity contribution >= 4 is 38.4 Å². The van der Waals surface area contributed by atoms with Crippen molar-refractivity contribution in [2.45, 2.75) is 93.7 Å². The molecule has 0 unspecified atom stereocenters. The third-order valence-corrected chi connectivity index (χ3v) is 8.82. The van der Waals surface area contributed by atoms with E-state index in [1.165, 1.54) is 70.3 Å². The lowest BCUT2D eigenvalue weighted by Gasteiger charge is -2.30. The molecule has 9 nitrogen and oxygen atoms in total. The van der Waals surface area contributed by atoms with Gasteiger partial charge in [-0.05, 0) is 37.8 Å².